The Bertz CT molecular complexity index is 956. The van der Waals surface area contributed by atoms with Crippen LogP contribution in [-0.4, -0.2) is 65.4 Å². The molecule has 1 saturated heterocycles. The van der Waals surface area contributed by atoms with Crippen molar-refractivity contribution in [3.05, 3.63) is 65.5 Å². The van der Waals surface area contributed by atoms with E-state index >= 15 is 0 Å². The predicted molar refractivity (Wildman–Crippen MR) is 119 cm³/mol. The minimum Gasteiger partial charge on any atom is -0.507 e. The van der Waals surface area contributed by atoms with Crippen molar-refractivity contribution in [2.75, 3.05) is 33.8 Å². The Morgan fingerprint density at radius 1 is 1.19 bits per heavy atom. The molecule has 0 aliphatic carbocycles. The van der Waals surface area contributed by atoms with Gasteiger partial charge in [-0.2, -0.15) is 0 Å². The number of unbranched alkanes of at least 4 members (excludes halogenated alkanes) is 1. The molecular formula is C24H29N3O4. The second kappa shape index (κ2) is 10.2. The van der Waals surface area contributed by atoms with Gasteiger partial charge in [0.05, 0.1) is 18.2 Å². The highest BCUT2D eigenvalue weighted by Gasteiger charge is 2.46. The van der Waals surface area contributed by atoms with Gasteiger partial charge >= 0.3 is 0 Å². The highest BCUT2D eigenvalue weighted by Crippen LogP contribution is 2.40. The maximum atomic E-state index is 13.0. The summed E-state index contributed by atoms with van der Waals surface area (Å²) in [4.78, 5) is 33.3. The van der Waals surface area contributed by atoms with Gasteiger partial charge < -0.3 is 19.6 Å². The van der Waals surface area contributed by atoms with E-state index in [1.165, 1.54) is 17.3 Å². The first-order valence-corrected chi connectivity index (χ1v) is 10.5. The van der Waals surface area contributed by atoms with Crippen molar-refractivity contribution in [3.8, 4) is 5.75 Å². The molecule has 1 N–H and O–H groups in total. The minimum absolute atomic E-state index is 0.0839. The number of aromatic nitrogens is 1. The number of hydrogen-bond donors (Lipinski definition) is 1. The van der Waals surface area contributed by atoms with Crippen molar-refractivity contribution in [1.82, 2.24) is 14.8 Å². The van der Waals surface area contributed by atoms with Crippen molar-refractivity contribution in [1.29, 1.82) is 0 Å². The van der Waals surface area contributed by atoms with Gasteiger partial charge in [-0.3, -0.25) is 14.6 Å². The first-order valence-electron chi connectivity index (χ1n) is 10.5. The number of ketones is 1. The van der Waals surface area contributed by atoms with Crippen LogP contribution in [0.3, 0.4) is 0 Å². The van der Waals surface area contributed by atoms with Gasteiger partial charge in [0.2, 0.25) is 0 Å². The van der Waals surface area contributed by atoms with Crippen LogP contribution < -0.4 is 4.74 Å². The third-order valence-corrected chi connectivity index (χ3v) is 5.22. The number of benzene rings is 1. The van der Waals surface area contributed by atoms with Crippen LogP contribution in [-0.2, 0) is 9.59 Å². The third-order valence-electron chi connectivity index (χ3n) is 5.22. The smallest absolute Gasteiger partial charge is 0.295 e. The van der Waals surface area contributed by atoms with Crippen LogP contribution in [0.15, 0.2) is 54.4 Å². The molecule has 0 bridgehead atoms. The van der Waals surface area contributed by atoms with Crippen molar-refractivity contribution < 1.29 is 19.4 Å². The van der Waals surface area contributed by atoms with Gasteiger partial charge in [0.25, 0.3) is 11.7 Å². The van der Waals surface area contributed by atoms with E-state index < -0.39 is 17.7 Å². The molecule has 1 aromatic carbocycles. The minimum atomic E-state index is -0.692. The summed E-state index contributed by atoms with van der Waals surface area (Å²) in [5, 5.41) is 11.0. The van der Waals surface area contributed by atoms with Crippen molar-refractivity contribution in [2.45, 2.75) is 25.8 Å². The zero-order chi connectivity index (χ0) is 22.4. The van der Waals surface area contributed by atoms with Crippen LogP contribution in [0.2, 0.25) is 0 Å². The molecule has 1 atom stereocenters. The first-order chi connectivity index (χ1) is 14.9. The second-order valence-corrected chi connectivity index (χ2v) is 7.81. The number of amides is 1. The average molecular weight is 424 g/mol. The molecule has 1 amide bonds. The molecule has 31 heavy (non-hydrogen) atoms. The highest BCUT2D eigenvalue weighted by molar-refractivity contribution is 6.46. The topological polar surface area (TPSA) is 83.0 Å². The van der Waals surface area contributed by atoms with Crippen LogP contribution >= 0.6 is 0 Å². The summed E-state index contributed by atoms with van der Waals surface area (Å²) in [6, 6.07) is 9.93. The van der Waals surface area contributed by atoms with E-state index in [0.717, 1.165) is 18.4 Å². The number of aliphatic hydroxyl groups is 1. The van der Waals surface area contributed by atoms with Gasteiger partial charge in [0, 0.05) is 31.0 Å². The number of aliphatic hydroxyl groups excluding tert-OH is 1. The van der Waals surface area contributed by atoms with Gasteiger partial charge in [0.1, 0.15) is 11.5 Å². The Balaban J connectivity index is 2.06. The van der Waals surface area contributed by atoms with Crippen LogP contribution in [0.25, 0.3) is 5.76 Å². The van der Waals surface area contributed by atoms with E-state index in [-0.39, 0.29) is 11.3 Å². The average Bonchev–Trinajstić information content (AvgIpc) is 3.03. The summed E-state index contributed by atoms with van der Waals surface area (Å²) >= 11 is 0. The van der Waals surface area contributed by atoms with Crippen LogP contribution in [0.4, 0.5) is 0 Å². The summed E-state index contributed by atoms with van der Waals surface area (Å²) in [6.07, 6.45) is 5.03. The molecule has 2 heterocycles. The Kier molecular flexibility index (Phi) is 7.41. The Hall–Kier alpha value is -3.19. The van der Waals surface area contributed by atoms with Crippen molar-refractivity contribution in [2.24, 2.45) is 0 Å². The molecule has 1 aromatic heterocycles. The molecule has 1 fully saturated rings. The molecule has 1 aliphatic heterocycles. The quantitative estimate of drug-likeness (QED) is 0.289. The predicted octanol–water partition coefficient (Wildman–Crippen LogP) is 3.24. The summed E-state index contributed by atoms with van der Waals surface area (Å²) in [5.74, 6) is -0.821. The van der Waals surface area contributed by atoms with Crippen LogP contribution in [0.5, 0.6) is 5.75 Å². The maximum Gasteiger partial charge on any atom is 0.295 e. The number of hydrogen-bond acceptors (Lipinski definition) is 6. The second-order valence-electron chi connectivity index (χ2n) is 7.81. The zero-order valence-corrected chi connectivity index (χ0v) is 18.2. The van der Waals surface area contributed by atoms with E-state index in [9.17, 15) is 14.7 Å². The Morgan fingerprint density at radius 3 is 2.61 bits per heavy atom. The summed E-state index contributed by atoms with van der Waals surface area (Å²) in [7, 11) is 3.82. The van der Waals surface area contributed by atoms with Gasteiger partial charge in [-0.05, 0) is 50.3 Å². The zero-order valence-electron chi connectivity index (χ0n) is 18.2. The molecule has 2 aromatic rings. The summed E-state index contributed by atoms with van der Waals surface area (Å²) in [6.45, 7) is 3.64. The maximum absolute atomic E-state index is 13.0. The Morgan fingerprint density at radius 2 is 1.94 bits per heavy atom. The summed E-state index contributed by atoms with van der Waals surface area (Å²) in [5.41, 5.74) is 1.25. The van der Waals surface area contributed by atoms with E-state index in [1.807, 2.05) is 43.3 Å². The standard InChI is InChI=1S/C24H29N3O4/c1-4-5-15-31-19-8-6-7-18(16-19)21-20(22(28)17-9-11-25-12-10-17)23(29)24(30)27(21)14-13-26(2)3/h6-12,16,21,28H,4-5,13-15H2,1-3H3/b22-20+. The third kappa shape index (κ3) is 5.11. The first kappa shape index (κ1) is 22.5. The van der Waals surface area contributed by atoms with Crippen molar-refractivity contribution in [3.63, 3.8) is 0 Å². The molecule has 0 spiro atoms. The number of nitrogens with zero attached hydrogens (tertiary/aromatic N) is 3. The van der Waals surface area contributed by atoms with E-state index in [4.69, 9.17) is 4.74 Å². The Labute approximate surface area is 183 Å². The number of carbonyl (C=O) groups excluding carboxylic acids is 2. The number of likely N-dealkylation sites (N-methyl/N-ethyl adjacent to an activating group) is 1. The van der Waals surface area contributed by atoms with Crippen molar-refractivity contribution >= 4 is 17.4 Å². The van der Waals surface area contributed by atoms with E-state index in [1.54, 1.807) is 12.1 Å². The summed E-state index contributed by atoms with van der Waals surface area (Å²) < 4.78 is 5.83. The number of rotatable bonds is 9. The SMILES string of the molecule is CCCCOc1cccc(C2/C(=C(\O)c3ccncc3)C(=O)C(=O)N2CCN(C)C)c1. The largest absolute Gasteiger partial charge is 0.507 e. The molecule has 3 rings (SSSR count). The lowest BCUT2D eigenvalue weighted by Crippen LogP contribution is -2.35. The molecular weight excluding hydrogens is 394 g/mol. The molecule has 1 unspecified atom stereocenters. The molecule has 0 saturated carbocycles. The molecule has 164 valence electrons. The fourth-order valence-corrected chi connectivity index (χ4v) is 3.54. The fraction of sp³-hybridized carbons (Fsp3) is 0.375. The number of pyridine rings is 1. The van der Waals surface area contributed by atoms with Gasteiger partial charge in [-0.25, -0.2) is 0 Å². The molecule has 0 radical (unpaired) electrons. The van der Waals surface area contributed by atoms with Gasteiger partial charge in [-0.1, -0.05) is 25.5 Å². The lowest BCUT2D eigenvalue weighted by molar-refractivity contribution is -0.140. The monoisotopic (exact) mass is 423 g/mol. The molecule has 7 nitrogen and oxygen atoms in total. The normalized spacial score (nSPS) is 18.1. The van der Waals surface area contributed by atoms with Gasteiger partial charge in [0.15, 0.2) is 0 Å². The molecule has 1 aliphatic rings. The fourth-order valence-electron chi connectivity index (χ4n) is 3.54. The highest BCUT2D eigenvalue weighted by atomic mass is 16.5. The van der Waals surface area contributed by atoms with E-state index in [0.29, 0.717) is 31.0 Å². The lowest BCUT2D eigenvalue weighted by atomic mass is 9.95. The molecule has 7 heteroatoms. The van der Waals surface area contributed by atoms with E-state index in [2.05, 4.69) is 11.9 Å². The number of ether oxygens (including phenoxy) is 1. The lowest BCUT2D eigenvalue weighted by Gasteiger charge is -2.27. The van der Waals surface area contributed by atoms with Crippen LogP contribution in [0, 0.1) is 0 Å². The number of likely N-dealkylation sites (tertiary alicyclic amines) is 1. The van der Waals surface area contributed by atoms with Gasteiger partial charge in [-0.15, -0.1) is 0 Å². The number of carbonyl (C=O) groups is 2. The number of Topliss-reactive ketones (excluding diaryl/α,β-unsaturated/α-hetero) is 1. The van der Waals surface area contributed by atoms with Crippen LogP contribution in [0.1, 0.15) is 36.9 Å².